The molecular formula is C18H25ClIN5OS. The maximum absolute atomic E-state index is 6.01. The van der Waals surface area contributed by atoms with Crippen molar-refractivity contribution in [1.82, 2.24) is 20.8 Å². The Morgan fingerprint density at radius 1 is 1.41 bits per heavy atom. The quantitative estimate of drug-likeness (QED) is 0.340. The van der Waals surface area contributed by atoms with Crippen molar-refractivity contribution in [1.29, 1.82) is 0 Å². The van der Waals surface area contributed by atoms with E-state index in [-0.39, 0.29) is 24.0 Å². The van der Waals surface area contributed by atoms with Gasteiger partial charge in [-0.1, -0.05) is 28.9 Å². The van der Waals surface area contributed by atoms with Gasteiger partial charge in [-0.15, -0.1) is 24.0 Å². The maximum atomic E-state index is 6.01. The molecule has 1 aliphatic carbocycles. The summed E-state index contributed by atoms with van der Waals surface area (Å²) in [4.78, 5) is 8.73. The lowest BCUT2D eigenvalue weighted by Crippen LogP contribution is -2.43. The Morgan fingerprint density at radius 3 is 2.96 bits per heavy atom. The molecule has 0 radical (unpaired) electrons. The highest BCUT2D eigenvalue weighted by Gasteiger charge is 2.24. The molecule has 0 saturated heterocycles. The molecule has 6 nitrogen and oxygen atoms in total. The smallest absolute Gasteiger partial charge is 0.228 e. The number of aliphatic imine (C=N–C) groups is 1. The van der Waals surface area contributed by atoms with Gasteiger partial charge in [0.05, 0.1) is 0 Å². The van der Waals surface area contributed by atoms with E-state index in [1.807, 2.05) is 36.0 Å². The molecule has 148 valence electrons. The molecule has 1 aliphatic rings. The van der Waals surface area contributed by atoms with Gasteiger partial charge in [-0.3, -0.25) is 4.99 Å². The number of hydrogen-bond acceptors (Lipinski definition) is 5. The highest BCUT2D eigenvalue weighted by Crippen LogP contribution is 2.28. The van der Waals surface area contributed by atoms with Gasteiger partial charge in [0.2, 0.25) is 11.7 Å². The molecule has 0 amide bonds. The summed E-state index contributed by atoms with van der Waals surface area (Å²) in [6.45, 7) is 0.676. The van der Waals surface area contributed by atoms with Gasteiger partial charge in [-0.05, 0) is 37.7 Å². The van der Waals surface area contributed by atoms with Crippen LogP contribution in [0.4, 0.5) is 0 Å². The zero-order valence-electron chi connectivity index (χ0n) is 15.4. The van der Waals surface area contributed by atoms with E-state index >= 15 is 0 Å². The van der Waals surface area contributed by atoms with Crippen LogP contribution >= 0.6 is 47.3 Å². The molecule has 3 rings (SSSR count). The molecule has 0 spiro atoms. The second kappa shape index (κ2) is 11.1. The SMILES string of the molecule is CN=C(NCCc1nc(-c2cccc(Cl)c2)no1)NC1CCC(SC)C1.I. The number of thioether (sulfide) groups is 1. The number of rotatable bonds is 6. The third-order valence-electron chi connectivity index (χ3n) is 4.46. The van der Waals surface area contributed by atoms with Crippen LogP contribution in [0.5, 0.6) is 0 Å². The summed E-state index contributed by atoms with van der Waals surface area (Å²) in [5, 5.41) is 12.3. The second-order valence-corrected chi connectivity index (χ2v) is 7.86. The predicted octanol–water partition coefficient (Wildman–Crippen LogP) is 4.00. The molecule has 2 atom stereocenters. The first-order valence-corrected chi connectivity index (χ1v) is 10.4. The van der Waals surface area contributed by atoms with Crippen molar-refractivity contribution in [2.45, 2.75) is 37.0 Å². The zero-order chi connectivity index (χ0) is 18.4. The summed E-state index contributed by atoms with van der Waals surface area (Å²) < 4.78 is 5.33. The standard InChI is InChI=1S/C18H24ClN5OS.HI/c1-20-18(22-14-6-7-15(11-14)26-2)21-9-8-16-23-17(24-25-16)12-4-3-5-13(19)10-12;/h3-5,10,14-15H,6-9,11H2,1-2H3,(H2,20,21,22);1H. The van der Waals surface area contributed by atoms with E-state index in [2.05, 4.69) is 32.0 Å². The minimum absolute atomic E-state index is 0. The summed E-state index contributed by atoms with van der Waals surface area (Å²) in [6, 6.07) is 7.92. The van der Waals surface area contributed by atoms with Crippen LogP contribution in [0, 0.1) is 0 Å². The average Bonchev–Trinajstić information content (AvgIpc) is 3.30. The number of benzene rings is 1. The van der Waals surface area contributed by atoms with E-state index in [1.54, 1.807) is 7.05 Å². The Labute approximate surface area is 186 Å². The molecule has 9 heteroatoms. The van der Waals surface area contributed by atoms with Gasteiger partial charge < -0.3 is 15.2 Å². The maximum Gasteiger partial charge on any atom is 0.228 e. The van der Waals surface area contributed by atoms with Crippen LogP contribution in [-0.2, 0) is 6.42 Å². The minimum atomic E-state index is 0. The van der Waals surface area contributed by atoms with Gasteiger partial charge in [-0.25, -0.2) is 0 Å². The van der Waals surface area contributed by atoms with Crippen LogP contribution in [0.3, 0.4) is 0 Å². The van der Waals surface area contributed by atoms with E-state index < -0.39 is 0 Å². The van der Waals surface area contributed by atoms with Crippen LogP contribution in [0.15, 0.2) is 33.8 Å². The van der Waals surface area contributed by atoms with Gasteiger partial charge >= 0.3 is 0 Å². The van der Waals surface area contributed by atoms with E-state index in [1.165, 1.54) is 19.3 Å². The monoisotopic (exact) mass is 521 g/mol. The van der Waals surface area contributed by atoms with E-state index in [9.17, 15) is 0 Å². The molecule has 0 bridgehead atoms. The zero-order valence-corrected chi connectivity index (χ0v) is 19.3. The lowest BCUT2D eigenvalue weighted by molar-refractivity contribution is 0.378. The van der Waals surface area contributed by atoms with Gasteiger partial charge in [-0.2, -0.15) is 16.7 Å². The first-order valence-electron chi connectivity index (χ1n) is 8.76. The van der Waals surface area contributed by atoms with E-state index in [4.69, 9.17) is 16.1 Å². The molecule has 2 N–H and O–H groups in total. The summed E-state index contributed by atoms with van der Waals surface area (Å²) in [7, 11) is 1.79. The Bertz CT molecular complexity index is 757. The van der Waals surface area contributed by atoms with Crippen LogP contribution in [0.1, 0.15) is 25.2 Å². The number of nitrogens with zero attached hydrogens (tertiary/aromatic N) is 3. The Balaban J connectivity index is 0.00000261. The Morgan fingerprint density at radius 2 is 2.26 bits per heavy atom. The number of hydrogen-bond donors (Lipinski definition) is 2. The second-order valence-electron chi connectivity index (χ2n) is 6.28. The van der Waals surface area contributed by atoms with Crippen molar-refractivity contribution in [2.75, 3.05) is 19.8 Å². The van der Waals surface area contributed by atoms with Gasteiger partial charge in [0.25, 0.3) is 0 Å². The fraction of sp³-hybridized carbons (Fsp3) is 0.500. The topological polar surface area (TPSA) is 75.3 Å². The summed E-state index contributed by atoms with van der Waals surface area (Å²) >= 11 is 7.96. The third-order valence-corrected chi connectivity index (χ3v) is 5.79. The number of aromatic nitrogens is 2. The molecule has 2 unspecified atom stereocenters. The highest BCUT2D eigenvalue weighted by molar-refractivity contribution is 14.0. The summed E-state index contributed by atoms with van der Waals surface area (Å²) in [5.74, 6) is 1.97. The largest absolute Gasteiger partial charge is 0.356 e. The normalized spacial score (nSPS) is 19.6. The summed E-state index contributed by atoms with van der Waals surface area (Å²) in [6.07, 6.45) is 6.46. The fourth-order valence-corrected chi connectivity index (χ4v) is 4.05. The van der Waals surface area contributed by atoms with Crippen LogP contribution in [-0.4, -0.2) is 47.2 Å². The molecule has 0 aliphatic heterocycles. The first-order chi connectivity index (χ1) is 12.7. The molecule has 1 saturated carbocycles. The number of guanidine groups is 1. The average molecular weight is 522 g/mol. The molecule has 1 aromatic carbocycles. The van der Waals surface area contributed by atoms with Gasteiger partial charge in [0, 0.05) is 41.9 Å². The van der Waals surface area contributed by atoms with Crippen molar-refractivity contribution in [3.8, 4) is 11.4 Å². The Kier molecular flexibility index (Phi) is 9.17. The van der Waals surface area contributed by atoms with Crippen LogP contribution in [0.25, 0.3) is 11.4 Å². The van der Waals surface area contributed by atoms with Crippen molar-refractivity contribution in [3.05, 3.63) is 35.2 Å². The van der Waals surface area contributed by atoms with Gasteiger partial charge in [0.15, 0.2) is 5.96 Å². The van der Waals surface area contributed by atoms with Crippen LogP contribution in [0.2, 0.25) is 5.02 Å². The van der Waals surface area contributed by atoms with Crippen molar-refractivity contribution in [3.63, 3.8) is 0 Å². The molecule has 1 aromatic heterocycles. The lowest BCUT2D eigenvalue weighted by Gasteiger charge is -2.16. The Hall–Kier alpha value is -1.000. The summed E-state index contributed by atoms with van der Waals surface area (Å²) in [5.41, 5.74) is 0.850. The van der Waals surface area contributed by atoms with Crippen molar-refractivity contribution >= 4 is 53.3 Å². The van der Waals surface area contributed by atoms with E-state index in [0.29, 0.717) is 35.7 Å². The minimum Gasteiger partial charge on any atom is -0.356 e. The van der Waals surface area contributed by atoms with Crippen molar-refractivity contribution in [2.24, 2.45) is 4.99 Å². The van der Waals surface area contributed by atoms with Crippen LogP contribution < -0.4 is 10.6 Å². The highest BCUT2D eigenvalue weighted by atomic mass is 127. The fourth-order valence-electron chi connectivity index (χ4n) is 3.06. The van der Waals surface area contributed by atoms with Crippen molar-refractivity contribution < 1.29 is 4.52 Å². The molecular weight excluding hydrogens is 497 g/mol. The number of nitrogens with one attached hydrogen (secondary N) is 2. The molecule has 1 fully saturated rings. The van der Waals surface area contributed by atoms with Gasteiger partial charge in [0.1, 0.15) is 0 Å². The molecule has 1 heterocycles. The first kappa shape index (κ1) is 22.3. The predicted molar refractivity (Wildman–Crippen MR) is 123 cm³/mol. The lowest BCUT2D eigenvalue weighted by atomic mass is 10.2. The third kappa shape index (κ3) is 6.53. The molecule has 27 heavy (non-hydrogen) atoms. The number of halogens is 2. The molecule has 2 aromatic rings. The van der Waals surface area contributed by atoms with E-state index in [0.717, 1.165) is 16.8 Å².